The van der Waals surface area contributed by atoms with Gasteiger partial charge in [0.05, 0.1) is 32.0 Å². The number of rotatable bonds is 3. The van der Waals surface area contributed by atoms with Gasteiger partial charge in [-0.05, 0) is 30.3 Å². The molecule has 6 heteroatoms. The summed E-state index contributed by atoms with van der Waals surface area (Å²) >= 11 is 23.7. The molecule has 0 aliphatic heterocycles. The number of nitrogens with zero attached hydrogens (tertiary/aromatic N) is 1. The van der Waals surface area contributed by atoms with Crippen LogP contribution in [0.4, 0.5) is 5.69 Å². The lowest BCUT2D eigenvalue weighted by Gasteiger charge is -2.03. The molecule has 98 valence electrons. The molecule has 0 aliphatic rings. The fourth-order valence-electron chi connectivity index (χ4n) is 1.37. The van der Waals surface area contributed by atoms with Gasteiger partial charge in [-0.15, -0.1) is 0 Å². The van der Waals surface area contributed by atoms with Crippen LogP contribution in [0.2, 0.25) is 20.1 Å². The zero-order valence-electron chi connectivity index (χ0n) is 9.50. The molecule has 0 atom stereocenters. The molecule has 0 saturated heterocycles. The minimum atomic E-state index is 0.456. The molecule has 0 unspecified atom stereocenters. The largest absolute Gasteiger partial charge is 0.278 e. The topological polar surface area (TPSA) is 24.4 Å². The average Bonchev–Trinajstić information content (AvgIpc) is 2.37. The van der Waals surface area contributed by atoms with Crippen LogP contribution in [-0.2, 0) is 0 Å². The monoisotopic (exact) mass is 332 g/mol. The van der Waals surface area contributed by atoms with Crippen LogP contribution in [-0.4, -0.2) is 6.21 Å². The number of anilines is 1. The lowest BCUT2D eigenvalue weighted by molar-refractivity contribution is 1.35. The van der Waals surface area contributed by atoms with Crippen molar-refractivity contribution in [2.75, 3.05) is 5.43 Å². The van der Waals surface area contributed by atoms with Gasteiger partial charge in [-0.1, -0.05) is 52.5 Å². The third kappa shape index (κ3) is 3.77. The minimum absolute atomic E-state index is 0.456. The maximum absolute atomic E-state index is 6.02. The molecule has 0 aliphatic carbocycles. The Kier molecular flexibility index (Phi) is 4.94. The molecule has 2 rings (SSSR count). The predicted molar refractivity (Wildman–Crippen MR) is 84.1 cm³/mol. The van der Waals surface area contributed by atoms with Crippen LogP contribution >= 0.6 is 46.4 Å². The number of hydrogen-bond donors (Lipinski definition) is 1. The summed E-state index contributed by atoms with van der Waals surface area (Å²) in [5, 5.41) is 6.07. The van der Waals surface area contributed by atoms with Crippen LogP contribution in [0.5, 0.6) is 0 Å². The Morgan fingerprint density at radius 3 is 2.16 bits per heavy atom. The number of halogens is 4. The Morgan fingerprint density at radius 1 is 0.842 bits per heavy atom. The van der Waals surface area contributed by atoms with Crippen molar-refractivity contribution in [3.63, 3.8) is 0 Å². The first-order chi connectivity index (χ1) is 9.08. The lowest BCUT2D eigenvalue weighted by atomic mass is 10.2. The predicted octanol–water partition coefficient (Wildman–Crippen LogP) is 5.75. The third-order valence-electron chi connectivity index (χ3n) is 2.31. The zero-order chi connectivity index (χ0) is 13.8. The van der Waals surface area contributed by atoms with Gasteiger partial charge >= 0.3 is 0 Å². The molecule has 2 nitrogen and oxygen atoms in total. The van der Waals surface area contributed by atoms with Crippen LogP contribution in [0.1, 0.15) is 5.56 Å². The second kappa shape index (κ2) is 6.49. The molecule has 0 amide bonds. The van der Waals surface area contributed by atoms with E-state index < -0.39 is 0 Å². The van der Waals surface area contributed by atoms with Crippen molar-refractivity contribution >= 4 is 58.3 Å². The first kappa shape index (κ1) is 14.5. The molecule has 0 heterocycles. The summed E-state index contributed by atoms with van der Waals surface area (Å²) in [7, 11) is 0. The van der Waals surface area contributed by atoms with Gasteiger partial charge in [0.1, 0.15) is 0 Å². The van der Waals surface area contributed by atoms with E-state index in [2.05, 4.69) is 10.5 Å². The highest BCUT2D eigenvalue weighted by Crippen LogP contribution is 2.25. The van der Waals surface area contributed by atoms with Gasteiger partial charge in [-0.25, -0.2) is 0 Å². The van der Waals surface area contributed by atoms with Gasteiger partial charge in [0.25, 0.3) is 0 Å². The minimum Gasteiger partial charge on any atom is -0.278 e. The maximum Gasteiger partial charge on any atom is 0.0613 e. The first-order valence-electron chi connectivity index (χ1n) is 5.26. The van der Waals surface area contributed by atoms with Gasteiger partial charge in [-0.3, -0.25) is 5.43 Å². The van der Waals surface area contributed by atoms with Gasteiger partial charge in [0.15, 0.2) is 0 Å². The number of hydrogen-bond acceptors (Lipinski definition) is 2. The summed E-state index contributed by atoms with van der Waals surface area (Å²) in [4.78, 5) is 0. The van der Waals surface area contributed by atoms with E-state index in [4.69, 9.17) is 46.4 Å². The van der Waals surface area contributed by atoms with Crippen molar-refractivity contribution in [2.45, 2.75) is 0 Å². The Morgan fingerprint density at radius 2 is 1.53 bits per heavy atom. The molecule has 0 bridgehead atoms. The zero-order valence-corrected chi connectivity index (χ0v) is 12.5. The molecule has 0 aromatic heterocycles. The summed E-state index contributed by atoms with van der Waals surface area (Å²) in [5.41, 5.74) is 4.19. The Hall–Kier alpha value is -0.930. The molecule has 0 saturated carbocycles. The third-order valence-corrected chi connectivity index (χ3v) is 3.70. The van der Waals surface area contributed by atoms with Crippen molar-refractivity contribution in [3.8, 4) is 0 Å². The Balaban J connectivity index is 2.13. The normalized spacial score (nSPS) is 10.9. The standard InChI is InChI=1S/C13H8Cl4N2/c14-10-2-1-3-11(15)9(10)7-18-19-8-4-5-12(16)13(17)6-8/h1-7,19H/b18-7-. The summed E-state index contributed by atoms with van der Waals surface area (Å²) in [5.74, 6) is 0. The van der Waals surface area contributed by atoms with Crippen LogP contribution in [0.25, 0.3) is 0 Å². The van der Waals surface area contributed by atoms with Crippen molar-refractivity contribution in [1.29, 1.82) is 0 Å². The van der Waals surface area contributed by atoms with E-state index in [1.807, 2.05) is 0 Å². The van der Waals surface area contributed by atoms with Gasteiger partial charge in [0.2, 0.25) is 0 Å². The molecule has 0 fully saturated rings. The SMILES string of the molecule is Clc1ccc(N/N=C\c2c(Cl)cccc2Cl)cc1Cl. The Bertz CT molecular complexity index is 606. The Labute approximate surface area is 130 Å². The second-order valence-corrected chi connectivity index (χ2v) is 5.26. The van der Waals surface area contributed by atoms with E-state index in [-0.39, 0.29) is 0 Å². The summed E-state index contributed by atoms with van der Waals surface area (Å²) in [6.45, 7) is 0. The number of nitrogens with one attached hydrogen (secondary N) is 1. The highest BCUT2D eigenvalue weighted by molar-refractivity contribution is 6.42. The van der Waals surface area contributed by atoms with Crippen LogP contribution < -0.4 is 5.43 Å². The highest BCUT2D eigenvalue weighted by Gasteiger charge is 2.02. The van der Waals surface area contributed by atoms with Crippen molar-refractivity contribution in [2.24, 2.45) is 5.10 Å². The molecule has 0 radical (unpaired) electrons. The highest BCUT2D eigenvalue weighted by atomic mass is 35.5. The summed E-state index contributed by atoms with van der Waals surface area (Å²) in [6.07, 6.45) is 1.55. The van der Waals surface area contributed by atoms with Gasteiger partial charge < -0.3 is 0 Å². The van der Waals surface area contributed by atoms with Crippen molar-refractivity contribution in [1.82, 2.24) is 0 Å². The molecule has 19 heavy (non-hydrogen) atoms. The van der Waals surface area contributed by atoms with Crippen LogP contribution in [0.3, 0.4) is 0 Å². The second-order valence-electron chi connectivity index (χ2n) is 3.63. The van der Waals surface area contributed by atoms with Gasteiger partial charge in [-0.2, -0.15) is 5.10 Å². The molecular weight excluding hydrogens is 326 g/mol. The van der Waals surface area contributed by atoms with E-state index in [1.165, 1.54) is 0 Å². The maximum atomic E-state index is 6.02. The molecule has 0 spiro atoms. The number of benzene rings is 2. The summed E-state index contributed by atoms with van der Waals surface area (Å²) < 4.78 is 0. The first-order valence-corrected chi connectivity index (χ1v) is 6.77. The fraction of sp³-hybridized carbons (Fsp3) is 0. The lowest BCUT2D eigenvalue weighted by Crippen LogP contribution is -1.92. The van der Waals surface area contributed by atoms with Crippen molar-refractivity contribution in [3.05, 3.63) is 62.1 Å². The molecule has 2 aromatic carbocycles. The number of hydrazone groups is 1. The van der Waals surface area contributed by atoms with Crippen LogP contribution in [0, 0.1) is 0 Å². The van der Waals surface area contributed by atoms with E-state index in [0.29, 0.717) is 31.3 Å². The van der Waals surface area contributed by atoms with E-state index >= 15 is 0 Å². The van der Waals surface area contributed by atoms with E-state index in [1.54, 1.807) is 42.6 Å². The average molecular weight is 334 g/mol. The van der Waals surface area contributed by atoms with Crippen molar-refractivity contribution < 1.29 is 0 Å². The quantitative estimate of drug-likeness (QED) is 0.561. The molecule has 2 aromatic rings. The molecule has 1 N–H and O–H groups in total. The van der Waals surface area contributed by atoms with E-state index in [0.717, 1.165) is 0 Å². The fourth-order valence-corrected chi connectivity index (χ4v) is 2.16. The smallest absolute Gasteiger partial charge is 0.0613 e. The van der Waals surface area contributed by atoms with Gasteiger partial charge in [0, 0.05) is 5.56 Å². The molecular formula is C13H8Cl4N2. The van der Waals surface area contributed by atoms with Crippen LogP contribution in [0.15, 0.2) is 41.5 Å². The van der Waals surface area contributed by atoms with E-state index in [9.17, 15) is 0 Å². The summed E-state index contributed by atoms with van der Waals surface area (Å²) in [6, 6.07) is 10.4.